The largest absolute Gasteiger partial charge is 0.334 e. The van der Waals surface area contributed by atoms with Gasteiger partial charge in [0.05, 0.1) is 4.92 Å². The SMILES string of the molecule is CCCN(C(=O)c1ccc(Cl)cc1[N+](=O)[O-])C1CCNC1.Cl. The van der Waals surface area contributed by atoms with E-state index in [2.05, 4.69) is 5.32 Å². The molecule has 22 heavy (non-hydrogen) atoms. The first-order chi connectivity index (χ1) is 10.0. The van der Waals surface area contributed by atoms with Gasteiger partial charge in [0, 0.05) is 30.2 Å². The third-order valence-corrected chi connectivity index (χ3v) is 3.82. The molecule has 0 bridgehead atoms. The number of nitrogens with zero attached hydrogens (tertiary/aromatic N) is 2. The molecule has 1 aliphatic heterocycles. The Morgan fingerprint density at radius 2 is 2.27 bits per heavy atom. The van der Waals surface area contributed by atoms with Crippen LogP contribution in [0.1, 0.15) is 30.1 Å². The van der Waals surface area contributed by atoms with E-state index in [1.807, 2.05) is 6.92 Å². The minimum atomic E-state index is -0.559. The van der Waals surface area contributed by atoms with Crippen molar-refractivity contribution >= 4 is 35.6 Å². The lowest BCUT2D eigenvalue weighted by atomic mass is 10.1. The van der Waals surface area contributed by atoms with Gasteiger partial charge in [-0.2, -0.15) is 0 Å². The number of carbonyl (C=O) groups excluding carboxylic acids is 1. The topological polar surface area (TPSA) is 75.5 Å². The molecule has 6 nitrogen and oxygen atoms in total. The van der Waals surface area contributed by atoms with E-state index in [0.717, 1.165) is 25.9 Å². The molecule has 0 radical (unpaired) electrons. The number of nitro benzene ring substituents is 1. The molecule has 0 saturated carbocycles. The molecule has 1 heterocycles. The van der Waals surface area contributed by atoms with E-state index in [0.29, 0.717) is 6.54 Å². The highest BCUT2D eigenvalue weighted by molar-refractivity contribution is 6.31. The van der Waals surface area contributed by atoms with Gasteiger partial charge in [0.25, 0.3) is 11.6 Å². The van der Waals surface area contributed by atoms with E-state index in [-0.39, 0.29) is 40.6 Å². The summed E-state index contributed by atoms with van der Waals surface area (Å²) in [5, 5.41) is 14.6. The van der Waals surface area contributed by atoms with Crippen molar-refractivity contribution in [3.8, 4) is 0 Å². The predicted molar refractivity (Wildman–Crippen MR) is 88.0 cm³/mol. The van der Waals surface area contributed by atoms with Crippen molar-refractivity contribution in [2.24, 2.45) is 0 Å². The van der Waals surface area contributed by atoms with Crippen molar-refractivity contribution in [2.75, 3.05) is 19.6 Å². The highest BCUT2D eigenvalue weighted by Crippen LogP contribution is 2.26. The number of hydrogen-bond donors (Lipinski definition) is 1. The lowest BCUT2D eigenvalue weighted by Crippen LogP contribution is -2.42. The van der Waals surface area contributed by atoms with E-state index in [1.54, 1.807) is 4.90 Å². The Balaban J connectivity index is 0.00000242. The number of nitrogens with one attached hydrogen (secondary N) is 1. The summed E-state index contributed by atoms with van der Waals surface area (Å²) in [4.78, 5) is 25.0. The van der Waals surface area contributed by atoms with Crippen molar-refractivity contribution in [3.63, 3.8) is 0 Å². The number of benzene rings is 1. The highest BCUT2D eigenvalue weighted by atomic mass is 35.5. The number of rotatable bonds is 5. The monoisotopic (exact) mass is 347 g/mol. The summed E-state index contributed by atoms with van der Waals surface area (Å²) in [5.41, 5.74) is -0.135. The normalized spacial score (nSPS) is 16.9. The molecule has 1 aromatic rings. The Morgan fingerprint density at radius 1 is 1.55 bits per heavy atom. The number of hydrogen-bond acceptors (Lipinski definition) is 4. The van der Waals surface area contributed by atoms with E-state index in [1.165, 1.54) is 18.2 Å². The van der Waals surface area contributed by atoms with Crippen molar-refractivity contribution in [2.45, 2.75) is 25.8 Å². The molecule has 2 rings (SSSR count). The van der Waals surface area contributed by atoms with Crippen LogP contribution in [-0.2, 0) is 0 Å². The lowest BCUT2D eigenvalue weighted by molar-refractivity contribution is -0.385. The number of amides is 1. The van der Waals surface area contributed by atoms with Gasteiger partial charge in [-0.1, -0.05) is 18.5 Å². The second kappa shape index (κ2) is 8.31. The van der Waals surface area contributed by atoms with Gasteiger partial charge in [0.15, 0.2) is 0 Å². The number of carbonyl (C=O) groups is 1. The Morgan fingerprint density at radius 3 is 2.82 bits per heavy atom. The Bertz CT molecular complexity index is 548. The van der Waals surface area contributed by atoms with E-state index in [9.17, 15) is 14.9 Å². The van der Waals surface area contributed by atoms with Gasteiger partial charge in [-0.25, -0.2) is 0 Å². The molecule has 1 unspecified atom stereocenters. The Kier molecular flexibility index (Phi) is 7.06. The van der Waals surface area contributed by atoms with Crippen LogP contribution in [0.15, 0.2) is 18.2 Å². The fraction of sp³-hybridized carbons (Fsp3) is 0.500. The molecule has 1 aromatic carbocycles. The summed E-state index contributed by atoms with van der Waals surface area (Å²) in [6, 6.07) is 4.27. The van der Waals surface area contributed by atoms with Crippen LogP contribution < -0.4 is 5.32 Å². The number of halogens is 2. The van der Waals surface area contributed by atoms with Crippen molar-refractivity contribution < 1.29 is 9.72 Å². The zero-order valence-electron chi connectivity index (χ0n) is 12.3. The van der Waals surface area contributed by atoms with Crippen LogP contribution in [-0.4, -0.2) is 41.4 Å². The summed E-state index contributed by atoms with van der Waals surface area (Å²) in [6.07, 6.45) is 1.68. The molecule has 1 amide bonds. The molecule has 0 spiro atoms. The standard InChI is InChI=1S/C14H18ClN3O3.ClH/c1-2-7-17(11-5-6-16-9-11)14(19)12-4-3-10(15)8-13(12)18(20)21;/h3-4,8,11,16H,2,5-7,9H2,1H3;1H. The summed E-state index contributed by atoms with van der Waals surface area (Å²) in [5.74, 6) is -0.297. The Hall–Kier alpha value is -1.37. The van der Waals surface area contributed by atoms with Crippen LogP contribution in [0.4, 0.5) is 5.69 Å². The highest BCUT2D eigenvalue weighted by Gasteiger charge is 2.30. The van der Waals surface area contributed by atoms with Crippen LogP contribution in [0, 0.1) is 10.1 Å². The van der Waals surface area contributed by atoms with Crippen molar-refractivity contribution in [3.05, 3.63) is 38.9 Å². The first kappa shape index (κ1) is 18.7. The van der Waals surface area contributed by atoms with Gasteiger partial charge in [0.1, 0.15) is 5.56 Å². The molecule has 122 valence electrons. The van der Waals surface area contributed by atoms with Crippen LogP contribution >= 0.6 is 24.0 Å². The molecule has 1 atom stereocenters. The summed E-state index contributed by atoms with van der Waals surface area (Å²) in [7, 11) is 0. The van der Waals surface area contributed by atoms with E-state index < -0.39 is 4.92 Å². The number of nitro groups is 1. The molecule has 1 fully saturated rings. The van der Waals surface area contributed by atoms with Crippen LogP contribution in [0.25, 0.3) is 0 Å². The fourth-order valence-electron chi connectivity index (χ4n) is 2.59. The predicted octanol–water partition coefficient (Wildman–Crippen LogP) is 2.88. The van der Waals surface area contributed by atoms with Gasteiger partial charge < -0.3 is 10.2 Å². The maximum atomic E-state index is 12.7. The smallest absolute Gasteiger partial charge is 0.283 e. The third kappa shape index (κ3) is 4.09. The van der Waals surface area contributed by atoms with Gasteiger partial charge in [-0.05, 0) is 31.5 Å². The molecule has 1 N–H and O–H groups in total. The second-order valence-corrected chi connectivity index (χ2v) is 5.50. The summed E-state index contributed by atoms with van der Waals surface area (Å²) >= 11 is 5.79. The second-order valence-electron chi connectivity index (χ2n) is 5.06. The molecule has 8 heteroatoms. The van der Waals surface area contributed by atoms with E-state index in [4.69, 9.17) is 11.6 Å². The van der Waals surface area contributed by atoms with Crippen LogP contribution in [0.5, 0.6) is 0 Å². The molecule has 1 aliphatic rings. The molecular weight excluding hydrogens is 329 g/mol. The summed E-state index contributed by atoms with van der Waals surface area (Å²) < 4.78 is 0. The first-order valence-corrected chi connectivity index (χ1v) is 7.38. The van der Waals surface area contributed by atoms with Crippen molar-refractivity contribution in [1.29, 1.82) is 0 Å². The van der Waals surface area contributed by atoms with Gasteiger partial charge in [0.2, 0.25) is 0 Å². The third-order valence-electron chi connectivity index (χ3n) is 3.59. The van der Waals surface area contributed by atoms with E-state index >= 15 is 0 Å². The maximum Gasteiger partial charge on any atom is 0.283 e. The lowest BCUT2D eigenvalue weighted by Gasteiger charge is -2.28. The average molecular weight is 348 g/mol. The van der Waals surface area contributed by atoms with Crippen LogP contribution in [0.2, 0.25) is 5.02 Å². The van der Waals surface area contributed by atoms with Crippen molar-refractivity contribution in [1.82, 2.24) is 10.2 Å². The van der Waals surface area contributed by atoms with Gasteiger partial charge >= 0.3 is 0 Å². The molecular formula is C14H19Cl2N3O3. The zero-order chi connectivity index (χ0) is 15.4. The fourth-order valence-corrected chi connectivity index (χ4v) is 2.75. The molecule has 0 aromatic heterocycles. The quantitative estimate of drug-likeness (QED) is 0.656. The zero-order valence-corrected chi connectivity index (χ0v) is 13.8. The Labute approximate surface area is 140 Å². The molecule has 0 aliphatic carbocycles. The first-order valence-electron chi connectivity index (χ1n) is 7.00. The molecule has 1 saturated heterocycles. The maximum absolute atomic E-state index is 12.7. The average Bonchev–Trinajstić information content (AvgIpc) is 2.97. The minimum Gasteiger partial charge on any atom is -0.334 e. The van der Waals surface area contributed by atoms with Crippen LogP contribution in [0.3, 0.4) is 0 Å². The summed E-state index contributed by atoms with van der Waals surface area (Å²) in [6.45, 7) is 4.16. The van der Waals surface area contributed by atoms with Gasteiger partial charge in [-0.3, -0.25) is 14.9 Å². The minimum absolute atomic E-state index is 0. The van der Waals surface area contributed by atoms with Gasteiger partial charge in [-0.15, -0.1) is 12.4 Å².